The second-order valence-corrected chi connectivity index (χ2v) is 7.79. The lowest BCUT2D eigenvalue weighted by molar-refractivity contribution is -0.937. The number of halogens is 1. The van der Waals surface area contributed by atoms with Gasteiger partial charge in [0.05, 0.1) is 32.5 Å². The minimum Gasteiger partial charge on any atom is -0.504 e. The van der Waals surface area contributed by atoms with Crippen molar-refractivity contribution >= 4 is 21.7 Å². The number of phenolic OH excluding ortho intramolecular Hbond substituents is 1. The van der Waals surface area contributed by atoms with Crippen LogP contribution in [-0.4, -0.2) is 42.1 Å². The van der Waals surface area contributed by atoms with E-state index in [0.717, 1.165) is 39.6 Å². The topological polar surface area (TPSA) is 46.5 Å². The largest absolute Gasteiger partial charge is 0.504 e. The summed E-state index contributed by atoms with van der Waals surface area (Å²) in [5.41, 5.74) is 1.85. The molecule has 1 N–H and O–H groups in total. The number of quaternary nitrogens is 1. The molecule has 2 bridgehead atoms. The Kier molecular flexibility index (Phi) is 2.83. The van der Waals surface area contributed by atoms with Gasteiger partial charge >= 0.3 is 0 Å². The van der Waals surface area contributed by atoms with E-state index in [2.05, 4.69) is 23.0 Å². The third-order valence-electron chi connectivity index (χ3n) is 5.87. The zero-order chi connectivity index (χ0) is 15.7. The summed E-state index contributed by atoms with van der Waals surface area (Å²) < 4.78 is 7.19. The van der Waals surface area contributed by atoms with Crippen LogP contribution in [0.3, 0.4) is 0 Å². The summed E-state index contributed by atoms with van der Waals surface area (Å²) in [6.07, 6.45) is 5.25. The van der Waals surface area contributed by atoms with Crippen molar-refractivity contribution < 1.29 is 19.1 Å². The molecule has 2 aliphatic heterocycles. The van der Waals surface area contributed by atoms with E-state index in [1.54, 1.807) is 13.2 Å². The molecule has 1 aromatic carbocycles. The predicted molar refractivity (Wildman–Crippen MR) is 86.0 cm³/mol. The van der Waals surface area contributed by atoms with Gasteiger partial charge in [-0.25, -0.2) is 0 Å². The molecule has 22 heavy (non-hydrogen) atoms. The number of likely N-dealkylation sites (N-methyl/N-ethyl adjacent to an activating group) is 1. The highest BCUT2D eigenvalue weighted by atomic mass is 79.9. The molecule has 2 heterocycles. The average Bonchev–Trinajstić information content (AvgIpc) is 2.69. The van der Waals surface area contributed by atoms with Gasteiger partial charge in [-0.15, -0.1) is 0 Å². The first-order valence-corrected chi connectivity index (χ1v) is 8.36. The van der Waals surface area contributed by atoms with E-state index in [-0.39, 0.29) is 23.0 Å². The molecule has 4 rings (SSSR count). The van der Waals surface area contributed by atoms with Gasteiger partial charge in [0.2, 0.25) is 0 Å². The van der Waals surface area contributed by atoms with Crippen molar-refractivity contribution in [3.05, 3.63) is 33.8 Å². The Morgan fingerprint density at radius 1 is 1.50 bits per heavy atom. The van der Waals surface area contributed by atoms with E-state index in [1.165, 1.54) is 0 Å². The fraction of sp³-hybridized carbons (Fsp3) is 0.471. The molecule has 3 aliphatic rings. The molecule has 0 aromatic heterocycles. The molecular formula is C17H19BrNO3+. The number of allylic oxidation sites excluding steroid dienone is 1. The number of nitrogens with zero attached hydrogens (tertiary/aromatic N) is 1. The maximum Gasteiger partial charge on any atom is 0.162 e. The van der Waals surface area contributed by atoms with Gasteiger partial charge in [-0.2, -0.15) is 0 Å². The van der Waals surface area contributed by atoms with Crippen molar-refractivity contribution in [1.29, 1.82) is 0 Å². The molecule has 3 atom stereocenters. The molecule has 0 unspecified atom stereocenters. The molecule has 1 fully saturated rings. The molecule has 4 nitrogen and oxygen atoms in total. The molecule has 0 amide bonds. The van der Waals surface area contributed by atoms with Crippen LogP contribution in [0, 0.1) is 0 Å². The Bertz CT molecular complexity index is 729. The Morgan fingerprint density at radius 2 is 2.27 bits per heavy atom. The number of carbonyl (C=O) groups is 1. The molecule has 1 saturated heterocycles. The van der Waals surface area contributed by atoms with Crippen LogP contribution >= 0.6 is 15.9 Å². The number of ketones is 1. The molecule has 1 aliphatic carbocycles. The van der Waals surface area contributed by atoms with Crippen LogP contribution in [-0.2, 0) is 16.8 Å². The summed E-state index contributed by atoms with van der Waals surface area (Å²) in [5.74, 6) is 0.918. The zero-order valence-corrected chi connectivity index (χ0v) is 14.3. The summed E-state index contributed by atoms with van der Waals surface area (Å²) in [6, 6.07) is 2.05. The number of carbonyl (C=O) groups excluding carboxylic acids is 1. The van der Waals surface area contributed by atoms with E-state index in [1.807, 2.05) is 12.1 Å². The fourth-order valence-corrected chi connectivity index (χ4v) is 5.34. The van der Waals surface area contributed by atoms with Gasteiger partial charge in [0.15, 0.2) is 17.3 Å². The third kappa shape index (κ3) is 1.58. The van der Waals surface area contributed by atoms with Crippen molar-refractivity contribution in [2.45, 2.75) is 30.8 Å². The number of phenols is 1. The van der Waals surface area contributed by atoms with Gasteiger partial charge in [0.25, 0.3) is 0 Å². The van der Waals surface area contributed by atoms with Crippen molar-refractivity contribution in [3.8, 4) is 11.5 Å². The van der Waals surface area contributed by atoms with Gasteiger partial charge in [0.1, 0.15) is 12.6 Å². The SMILES string of the molecule is COc1cc(Br)c2c(c1O)[C@]13C=CC(=O)C[C@H]1[N@@+](C)(CC3)C2. The van der Waals surface area contributed by atoms with Crippen molar-refractivity contribution in [2.75, 3.05) is 20.7 Å². The number of methoxy groups -OCH3 is 1. The van der Waals surface area contributed by atoms with E-state index in [0.29, 0.717) is 12.2 Å². The predicted octanol–water partition coefficient (Wildman–Crippen LogP) is 2.66. The van der Waals surface area contributed by atoms with Gasteiger partial charge in [-0.1, -0.05) is 22.0 Å². The Hall–Kier alpha value is -1.33. The van der Waals surface area contributed by atoms with Crippen LogP contribution in [0.5, 0.6) is 11.5 Å². The second-order valence-electron chi connectivity index (χ2n) is 6.93. The van der Waals surface area contributed by atoms with E-state index >= 15 is 0 Å². The molecule has 0 saturated carbocycles. The maximum atomic E-state index is 12.0. The maximum absolute atomic E-state index is 12.0. The quantitative estimate of drug-likeness (QED) is 0.779. The highest BCUT2D eigenvalue weighted by molar-refractivity contribution is 9.10. The zero-order valence-electron chi connectivity index (χ0n) is 12.7. The minimum absolute atomic E-state index is 0.191. The van der Waals surface area contributed by atoms with Crippen LogP contribution in [0.4, 0.5) is 0 Å². The van der Waals surface area contributed by atoms with Crippen LogP contribution in [0.25, 0.3) is 0 Å². The monoisotopic (exact) mass is 364 g/mol. The van der Waals surface area contributed by atoms with Crippen LogP contribution in [0.15, 0.2) is 22.7 Å². The second kappa shape index (κ2) is 4.36. The van der Waals surface area contributed by atoms with Gasteiger partial charge < -0.3 is 14.3 Å². The molecule has 5 heteroatoms. The molecule has 116 valence electrons. The number of hydrogen-bond acceptors (Lipinski definition) is 3. The summed E-state index contributed by atoms with van der Waals surface area (Å²) in [5, 5.41) is 10.8. The molecular weight excluding hydrogens is 346 g/mol. The Labute approximate surface area is 138 Å². The summed E-state index contributed by atoms with van der Waals surface area (Å²) in [6.45, 7) is 1.85. The van der Waals surface area contributed by atoms with Crippen LogP contribution < -0.4 is 4.74 Å². The standard InChI is InChI=1S/C17H18BrNO3/c1-19-6-5-17(4-3-10(20)7-14(17)19)15-11(9-19)12(18)8-13(22-2)16(15)21/h3-4,8,14H,5-7,9H2,1-2H3/p+1/t14-,17+,19+/m1/s1. The van der Waals surface area contributed by atoms with Crippen molar-refractivity contribution in [2.24, 2.45) is 0 Å². The van der Waals surface area contributed by atoms with Crippen molar-refractivity contribution in [3.63, 3.8) is 0 Å². The highest BCUT2D eigenvalue weighted by Gasteiger charge is 2.62. The number of rotatable bonds is 1. The average molecular weight is 365 g/mol. The van der Waals surface area contributed by atoms with Crippen LogP contribution in [0.2, 0.25) is 0 Å². The summed E-state index contributed by atoms with van der Waals surface area (Å²) in [7, 11) is 3.80. The normalized spacial score (nSPS) is 35.2. The number of ether oxygens (including phenoxy) is 1. The first-order chi connectivity index (χ1) is 10.4. The van der Waals surface area contributed by atoms with E-state index < -0.39 is 0 Å². The number of aromatic hydroxyl groups is 1. The van der Waals surface area contributed by atoms with Gasteiger partial charge in [0, 0.05) is 22.0 Å². The Morgan fingerprint density at radius 3 is 3.00 bits per heavy atom. The number of fused-ring (bicyclic) bond motifs is 1. The van der Waals surface area contributed by atoms with E-state index in [9.17, 15) is 9.90 Å². The highest BCUT2D eigenvalue weighted by Crippen LogP contribution is 2.58. The summed E-state index contributed by atoms with van der Waals surface area (Å²) in [4.78, 5) is 12.0. The third-order valence-corrected chi connectivity index (χ3v) is 6.57. The van der Waals surface area contributed by atoms with Gasteiger partial charge in [-0.05, 0) is 12.1 Å². The van der Waals surface area contributed by atoms with E-state index in [4.69, 9.17) is 4.74 Å². The molecule has 0 spiro atoms. The lowest BCUT2D eigenvalue weighted by Crippen LogP contribution is -2.58. The summed E-state index contributed by atoms with van der Waals surface area (Å²) >= 11 is 3.65. The fourth-order valence-electron chi connectivity index (χ4n) is 4.81. The van der Waals surface area contributed by atoms with Gasteiger partial charge in [-0.3, -0.25) is 4.79 Å². The van der Waals surface area contributed by atoms with Crippen LogP contribution in [0.1, 0.15) is 24.0 Å². The lowest BCUT2D eigenvalue weighted by Gasteiger charge is -2.48. The molecule has 0 radical (unpaired) electrons. The smallest absolute Gasteiger partial charge is 0.162 e. The minimum atomic E-state index is -0.253. The first kappa shape index (κ1) is 14.3. The number of benzene rings is 1. The number of hydrogen-bond donors (Lipinski definition) is 1. The Balaban J connectivity index is 2.06. The van der Waals surface area contributed by atoms with Crippen molar-refractivity contribution in [1.82, 2.24) is 0 Å². The first-order valence-electron chi connectivity index (χ1n) is 7.56. The lowest BCUT2D eigenvalue weighted by atomic mass is 9.66. The molecule has 1 aromatic rings.